The van der Waals surface area contributed by atoms with E-state index in [-0.39, 0.29) is 35.5 Å². The number of hydrogen-bond donors (Lipinski definition) is 4. The normalized spacial score (nSPS) is 13.1. The van der Waals surface area contributed by atoms with Crippen molar-refractivity contribution in [3.8, 4) is 34.0 Å². The lowest BCUT2D eigenvalue weighted by Crippen LogP contribution is -2.24. The average molecular weight is 1000 g/mol. The van der Waals surface area contributed by atoms with Gasteiger partial charge in [-0.1, -0.05) is 77.4 Å². The second-order valence-corrected chi connectivity index (χ2v) is 18.5. The van der Waals surface area contributed by atoms with E-state index in [2.05, 4.69) is 30.4 Å². The maximum Gasteiger partial charge on any atom is 0.254 e. The number of rotatable bonds is 16. The molecule has 0 amide bonds. The molecule has 0 saturated carbocycles. The van der Waals surface area contributed by atoms with Crippen LogP contribution in [0.25, 0.3) is 22.5 Å². The molecule has 12 nitrogen and oxygen atoms in total. The van der Waals surface area contributed by atoms with Gasteiger partial charge < -0.3 is 19.4 Å². The number of benzene rings is 4. The molecule has 1 atom stereocenters. The first kappa shape index (κ1) is 46.1. The predicted molar refractivity (Wildman–Crippen MR) is 253 cm³/mol. The Balaban J connectivity index is 0.875. The molecule has 4 N–H and O–H groups in total. The van der Waals surface area contributed by atoms with Gasteiger partial charge in [0.05, 0.1) is 39.2 Å². The third kappa shape index (κ3) is 10.5. The van der Waals surface area contributed by atoms with Gasteiger partial charge in [0.15, 0.2) is 33.4 Å². The second kappa shape index (κ2) is 20.1. The van der Waals surface area contributed by atoms with Crippen LogP contribution in [0.4, 0.5) is 13.2 Å². The Morgan fingerprint density at radius 1 is 0.672 bits per heavy atom. The second-order valence-electron chi connectivity index (χ2n) is 15.3. The van der Waals surface area contributed by atoms with Gasteiger partial charge in [0, 0.05) is 63.1 Å². The predicted octanol–water partition coefficient (Wildman–Crippen LogP) is 11.1. The van der Waals surface area contributed by atoms with E-state index in [1.807, 2.05) is 19.1 Å². The maximum atomic E-state index is 13.9. The van der Waals surface area contributed by atoms with Gasteiger partial charge in [-0.15, -0.1) is 0 Å². The van der Waals surface area contributed by atoms with Crippen molar-refractivity contribution in [2.75, 3.05) is 0 Å². The number of nitrogens with zero attached hydrogens (tertiary/aromatic N) is 4. The molecule has 1 aliphatic heterocycles. The van der Waals surface area contributed by atoms with Crippen LogP contribution in [-0.4, -0.2) is 46.6 Å². The molecule has 0 fully saturated rings. The summed E-state index contributed by atoms with van der Waals surface area (Å²) in [4.78, 5) is 42.5. The molecule has 4 aromatic heterocycles. The minimum absolute atomic E-state index is 0.180. The molecule has 0 spiro atoms. The topological polar surface area (TPSA) is 167 Å². The highest BCUT2D eigenvalue weighted by molar-refractivity contribution is 7.98. The smallest absolute Gasteiger partial charge is 0.254 e. The van der Waals surface area contributed by atoms with Crippen molar-refractivity contribution in [1.29, 1.82) is 0 Å². The Morgan fingerprint density at radius 3 is 2.09 bits per heavy atom. The van der Waals surface area contributed by atoms with Crippen molar-refractivity contribution in [1.82, 2.24) is 40.3 Å². The largest absolute Gasteiger partial charge is 0.451 e. The quantitative estimate of drug-likeness (QED) is 0.0540. The zero-order valence-electron chi connectivity index (χ0n) is 35.1. The number of fused-ring (bicyclic) bond motifs is 1. The first-order chi connectivity index (χ1) is 32.4. The number of aromatic nitrogens is 8. The van der Waals surface area contributed by atoms with Gasteiger partial charge in [-0.2, -0.15) is 10.2 Å². The van der Waals surface area contributed by atoms with Gasteiger partial charge in [0.1, 0.15) is 5.82 Å². The van der Waals surface area contributed by atoms with E-state index >= 15 is 0 Å². The lowest BCUT2D eigenvalue weighted by Gasteiger charge is -2.14. The molecule has 5 heterocycles. The van der Waals surface area contributed by atoms with Crippen molar-refractivity contribution in [2.24, 2.45) is 0 Å². The fourth-order valence-electron chi connectivity index (χ4n) is 7.49. The number of H-pyrrole nitrogens is 4. The molecular formula is C47H36Cl3F3N8O4S2. The monoisotopic (exact) mass is 1000 g/mol. The van der Waals surface area contributed by atoms with Gasteiger partial charge in [-0.25, -0.2) is 23.1 Å². The molecule has 0 radical (unpaired) electrons. The van der Waals surface area contributed by atoms with Crippen molar-refractivity contribution in [2.45, 2.75) is 67.1 Å². The SMILES string of the molecule is CCc1c(Cc2ccc3c(c2)OC(CCc2c(Cc4c(Cl)cccc4Cl)nc(SCc4n[nH]c(-c5ccc(F)cc5)c4Cl)[nH]c2=O)O3)nc(SCc2cc(-c3ccc(F)c(F)c3)[nH]n2)[nH]c1=O. The standard InChI is InChI=1S/C47H36Cl3F3N8O4S2/c1-2-28-36(54-46(56-44(28)62)66-21-27-19-35(59-58-27)25-9-13-33(52)34(53)18-25)16-23-6-14-39-40(17-23)65-41(64-39)15-12-29-37(20-30-31(48)4-3-5-32(30)49)55-47(57-45(29)63)67-22-38-42(50)43(61-60-38)24-7-10-26(51)11-8-24/h3-11,13-14,17-19,41H,2,12,15-16,20-22H2,1H3,(H,58,59)(H,60,61)(H,54,56,62)(H,55,57,63). The average Bonchev–Trinajstić information content (AvgIpc) is 4.05. The summed E-state index contributed by atoms with van der Waals surface area (Å²) in [6.07, 6.45) is 0.801. The summed E-state index contributed by atoms with van der Waals surface area (Å²) in [5.74, 6) is -0.601. The summed E-state index contributed by atoms with van der Waals surface area (Å²) in [5, 5.41) is 16.4. The Morgan fingerprint density at radius 2 is 1.36 bits per heavy atom. The molecule has 20 heteroatoms. The van der Waals surface area contributed by atoms with Crippen molar-refractivity contribution in [3.05, 3.63) is 183 Å². The lowest BCUT2D eigenvalue weighted by atomic mass is 10.0. The zero-order valence-corrected chi connectivity index (χ0v) is 39.0. The molecule has 0 saturated heterocycles. The highest BCUT2D eigenvalue weighted by Gasteiger charge is 2.27. The summed E-state index contributed by atoms with van der Waals surface area (Å²) in [6, 6.07) is 22.0. The first-order valence-corrected chi connectivity index (χ1v) is 23.9. The molecular weight excluding hydrogens is 968 g/mol. The van der Waals surface area contributed by atoms with E-state index < -0.39 is 17.9 Å². The number of ether oxygens (including phenoxy) is 2. The number of hydrogen-bond acceptors (Lipinski definition) is 10. The first-order valence-electron chi connectivity index (χ1n) is 20.8. The summed E-state index contributed by atoms with van der Waals surface area (Å²) < 4.78 is 53.2. The van der Waals surface area contributed by atoms with Gasteiger partial charge in [0.25, 0.3) is 11.1 Å². The molecule has 67 heavy (non-hydrogen) atoms. The zero-order chi connectivity index (χ0) is 46.8. The van der Waals surface area contributed by atoms with Crippen LogP contribution < -0.4 is 20.6 Å². The molecule has 1 unspecified atom stereocenters. The summed E-state index contributed by atoms with van der Waals surface area (Å²) in [5.41, 5.74) is 6.26. The van der Waals surface area contributed by atoms with Crippen LogP contribution in [0.2, 0.25) is 15.1 Å². The van der Waals surface area contributed by atoms with Crippen LogP contribution in [0, 0.1) is 17.5 Å². The van der Waals surface area contributed by atoms with E-state index in [0.29, 0.717) is 124 Å². The van der Waals surface area contributed by atoms with Gasteiger partial charge in [-0.05, 0) is 96.8 Å². The van der Waals surface area contributed by atoms with E-state index in [1.54, 1.807) is 42.5 Å². The minimum atomic E-state index is -0.957. The number of halogens is 6. The van der Waals surface area contributed by atoms with Crippen LogP contribution in [0.15, 0.2) is 105 Å². The minimum Gasteiger partial charge on any atom is -0.451 e. The summed E-state index contributed by atoms with van der Waals surface area (Å²) in [6.45, 7) is 1.89. The Kier molecular flexibility index (Phi) is 13.8. The van der Waals surface area contributed by atoms with Crippen LogP contribution in [0.1, 0.15) is 58.4 Å². The fourth-order valence-corrected chi connectivity index (χ4v) is 9.96. The van der Waals surface area contributed by atoms with Gasteiger partial charge in [-0.3, -0.25) is 19.8 Å². The highest BCUT2D eigenvalue weighted by Crippen LogP contribution is 2.38. The number of aromatic amines is 4. The Bertz CT molecular complexity index is 3240. The molecule has 0 bridgehead atoms. The van der Waals surface area contributed by atoms with Crippen LogP contribution in [0.3, 0.4) is 0 Å². The fraction of sp³-hybridized carbons (Fsp3) is 0.191. The van der Waals surface area contributed by atoms with Crippen molar-refractivity contribution >= 4 is 58.3 Å². The molecule has 342 valence electrons. The van der Waals surface area contributed by atoms with Crippen molar-refractivity contribution in [3.63, 3.8) is 0 Å². The Labute approximate surface area is 403 Å². The van der Waals surface area contributed by atoms with E-state index in [1.165, 1.54) is 41.7 Å². The van der Waals surface area contributed by atoms with Gasteiger partial charge in [0.2, 0.25) is 6.29 Å². The maximum absolute atomic E-state index is 13.9. The Hall–Kier alpha value is -5.98. The number of nitrogens with one attached hydrogen (secondary N) is 4. The van der Waals surface area contributed by atoms with E-state index in [0.717, 1.165) is 17.7 Å². The van der Waals surface area contributed by atoms with E-state index in [9.17, 15) is 22.8 Å². The molecule has 9 rings (SSSR count). The molecule has 8 aromatic rings. The lowest BCUT2D eigenvalue weighted by molar-refractivity contribution is 0.0421. The number of thioether (sulfide) groups is 2. The molecule has 0 aliphatic carbocycles. The third-order valence-electron chi connectivity index (χ3n) is 10.9. The van der Waals surface area contributed by atoms with E-state index in [4.69, 9.17) is 54.2 Å². The van der Waals surface area contributed by atoms with Crippen molar-refractivity contribution < 1.29 is 22.6 Å². The van der Waals surface area contributed by atoms with Gasteiger partial charge >= 0.3 is 0 Å². The summed E-state index contributed by atoms with van der Waals surface area (Å²) >= 11 is 22.4. The van der Waals surface area contributed by atoms with Crippen LogP contribution in [-0.2, 0) is 37.2 Å². The van der Waals surface area contributed by atoms with Crippen LogP contribution >= 0.6 is 58.3 Å². The van der Waals surface area contributed by atoms with Crippen LogP contribution in [0.5, 0.6) is 11.5 Å². The summed E-state index contributed by atoms with van der Waals surface area (Å²) in [7, 11) is 0. The molecule has 1 aliphatic rings. The third-order valence-corrected chi connectivity index (χ3v) is 13.8. The highest BCUT2D eigenvalue weighted by atomic mass is 35.5. The molecule has 4 aromatic carbocycles.